The zero-order chi connectivity index (χ0) is 18.8. The van der Waals surface area contributed by atoms with Crippen molar-refractivity contribution < 1.29 is 9.18 Å². The normalized spacial score (nSPS) is 10.8. The molecule has 0 aliphatic carbocycles. The van der Waals surface area contributed by atoms with Crippen LogP contribution in [0, 0.1) is 19.7 Å². The molecule has 0 aliphatic rings. The van der Waals surface area contributed by atoms with Crippen LogP contribution in [0.4, 0.5) is 4.39 Å². The Bertz CT molecular complexity index is 947. The first-order valence-electron chi connectivity index (χ1n) is 8.19. The van der Waals surface area contributed by atoms with Gasteiger partial charge in [-0.3, -0.25) is 4.79 Å². The summed E-state index contributed by atoms with van der Waals surface area (Å²) in [4.78, 5) is 14.3. The zero-order valence-corrected chi connectivity index (χ0v) is 15.6. The van der Waals surface area contributed by atoms with Crippen molar-refractivity contribution in [3.05, 3.63) is 81.9 Å². The fourth-order valence-electron chi connectivity index (χ4n) is 2.86. The summed E-state index contributed by atoms with van der Waals surface area (Å²) < 4.78 is 15.7. The summed E-state index contributed by atoms with van der Waals surface area (Å²) in [6.07, 6.45) is 1.55. The predicted molar refractivity (Wildman–Crippen MR) is 100 cm³/mol. The van der Waals surface area contributed by atoms with Crippen molar-refractivity contribution in [2.24, 2.45) is 0 Å². The van der Waals surface area contributed by atoms with Gasteiger partial charge >= 0.3 is 0 Å². The number of aromatic nitrogens is 2. The highest BCUT2D eigenvalue weighted by atomic mass is 35.5. The Morgan fingerprint density at radius 3 is 2.62 bits per heavy atom. The monoisotopic (exact) mass is 371 g/mol. The SMILES string of the molecule is Cc1ccccc1-n1ncc(C(=O)N(C)Cc2c(F)cccc2Cl)c1C. The molecule has 0 aliphatic heterocycles. The first kappa shape index (κ1) is 18.1. The molecule has 1 aromatic heterocycles. The molecule has 1 amide bonds. The second kappa shape index (κ2) is 7.30. The molecule has 1 heterocycles. The van der Waals surface area contributed by atoms with E-state index in [0.29, 0.717) is 16.1 Å². The van der Waals surface area contributed by atoms with Crippen molar-refractivity contribution in [3.8, 4) is 5.69 Å². The number of hydrogen-bond donors (Lipinski definition) is 0. The van der Waals surface area contributed by atoms with Gasteiger partial charge in [-0.25, -0.2) is 9.07 Å². The Morgan fingerprint density at radius 1 is 1.19 bits per heavy atom. The van der Waals surface area contributed by atoms with Crippen LogP contribution in [0.1, 0.15) is 27.2 Å². The van der Waals surface area contributed by atoms with Crippen LogP contribution >= 0.6 is 11.6 Å². The van der Waals surface area contributed by atoms with Crippen LogP contribution in [-0.2, 0) is 6.54 Å². The summed E-state index contributed by atoms with van der Waals surface area (Å²) in [6, 6.07) is 12.3. The van der Waals surface area contributed by atoms with E-state index in [4.69, 9.17) is 11.6 Å². The van der Waals surface area contributed by atoms with Gasteiger partial charge in [0.15, 0.2) is 0 Å². The summed E-state index contributed by atoms with van der Waals surface area (Å²) in [5.41, 5.74) is 3.49. The van der Waals surface area contributed by atoms with E-state index in [2.05, 4.69) is 5.10 Å². The third-order valence-electron chi connectivity index (χ3n) is 4.39. The molecule has 0 atom stereocenters. The van der Waals surface area contributed by atoms with E-state index < -0.39 is 5.82 Å². The molecule has 4 nitrogen and oxygen atoms in total. The van der Waals surface area contributed by atoms with E-state index in [1.807, 2.05) is 38.1 Å². The number of hydrogen-bond acceptors (Lipinski definition) is 2. The van der Waals surface area contributed by atoms with Crippen LogP contribution in [0.3, 0.4) is 0 Å². The van der Waals surface area contributed by atoms with Crippen LogP contribution in [0.2, 0.25) is 5.02 Å². The molecule has 0 bridgehead atoms. The van der Waals surface area contributed by atoms with Crippen LogP contribution in [-0.4, -0.2) is 27.6 Å². The number of benzene rings is 2. The van der Waals surface area contributed by atoms with Crippen molar-refractivity contribution in [2.45, 2.75) is 20.4 Å². The van der Waals surface area contributed by atoms with Gasteiger partial charge in [-0.2, -0.15) is 5.10 Å². The second-order valence-corrected chi connectivity index (χ2v) is 6.61. The lowest BCUT2D eigenvalue weighted by atomic mass is 10.1. The van der Waals surface area contributed by atoms with Crippen molar-refractivity contribution in [1.29, 1.82) is 0 Å². The number of para-hydroxylation sites is 1. The van der Waals surface area contributed by atoms with Gasteiger partial charge in [-0.1, -0.05) is 35.9 Å². The van der Waals surface area contributed by atoms with E-state index in [1.165, 1.54) is 11.0 Å². The third-order valence-corrected chi connectivity index (χ3v) is 4.74. The van der Waals surface area contributed by atoms with Gasteiger partial charge in [0.05, 0.1) is 23.1 Å². The number of carbonyl (C=O) groups excluding carboxylic acids is 1. The highest BCUT2D eigenvalue weighted by Crippen LogP contribution is 2.22. The molecule has 26 heavy (non-hydrogen) atoms. The Hall–Kier alpha value is -2.66. The number of halogens is 2. The molecule has 0 radical (unpaired) electrons. The lowest BCUT2D eigenvalue weighted by molar-refractivity contribution is 0.0783. The maximum atomic E-state index is 14.0. The maximum absolute atomic E-state index is 14.0. The molecule has 3 aromatic rings. The number of amides is 1. The number of rotatable bonds is 4. The van der Waals surface area contributed by atoms with Crippen LogP contribution in [0.15, 0.2) is 48.7 Å². The van der Waals surface area contributed by atoms with Gasteiger partial charge in [0.2, 0.25) is 0 Å². The first-order valence-corrected chi connectivity index (χ1v) is 8.57. The van der Waals surface area contributed by atoms with Gasteiger partial charge < -0.3 is 4.90 Å². The van der Waals surface area contributed by atoms with Crippen molar-refractivity contribution in [3.63, 3.8) is 0 Å². The van der Waals surface area contributed by atoms with E-state index in [1.54, 1.807) is 30.1 Å². The minimum Gasteiger partial charge on any atom is -0.337 e. The Morgan fingerprint density at radius 2 is 1.92 bits per heavy atom. The van der Waals surface area contributed by atoms with Crippen molar-refractivity contribution in [1.82, 2.24) is 14.7 Å². The minimum atomic E-state index is -0.426. The maximum Gasteiger partial charge on any atom is 0.257 e. The third kappa shape index (κ3) is 3.35. The summed E-state index contributed by atoms with van der Waals surface area (Å²) >= 11 is 6.06. The smallest absolute Gasteiger partial charge is 0.257 e. The van der Waals surface area contributed by atoms with Gasteiger partial charge in [-0.05, 0) is 37.6 Å². The molecule has 6 heteroatoms. The van der Waals surface area contributed by atoms with Gasteiger partial charge in [-0.15, -0.1) is 0 Å². The summed E-state index contributed by atoms with van der Waals surface area (Å²) in [7, 11) is 1.62. The summed E-state index contributed by atoms with van der Waals surface area (Å²) in [5.74, 6) is -0.661. The van der Waals surface area contributed by atoms with Crippen LogP contribution < -0.4 is 0 Å². The highest BCUT2D eigenvalue weighted by molar-refractivity contribution is 6.31. The van der Waals surface area contributed by atoms with E-state index in [-0.39, 0.29) is 12.5 Å². The lowest BCUT2D eigenvalue weighted by Crippen LogP contribution is -2.27. The fraction of sp³-hybridized carbons (Fsp3) is 0.200. The molecule has 0 saturated carbocycles. The number of aryl methyl sites for hydroxylation is 1. The fourth-order valence-corrected chi connectivity index (χ4v) is 3.08. The standard InChI is InChI=1S/C20H19ClFN3O/c1-13-7-4-5-10-19(13)25-14(2)15(11-23-25)20(26)24(3)12-16-17(21)8-6-9-18(16)22/h4-11H,12H2,1-3H3. The van der Waals surface area contributed by atoms with Gasteiger partial charge in [0.1, 0.15) is 5.82 Å². The lowest BCUT2D eigenvalue weighted by Gasteiger charge is -2.18. The Labute approximate surface area is 156 Å². The van der Waals surface area contributed by atoms with Gasteiger partial charge in [0, 0.05) is 24.2 Å². The number of nitrogens with zero attached hydrogens (tertiary/aromatic N) is 3. The molecule has 134 valence electrons. The highest BCUT2D eigenvalue weighted by Gasteiger charge is 2.21. The molecule has 3 rings (SSSR count). The Balaban J connectivity index is 1.88. The van der Waals surface area contributed by atoms with Crippen LogP contribution in [0.5, 0.6) is 0 Å². The summed E-state index contributed by atoms with van der Waals surface area (Å²) in [6.45, 7) is 3.92. The molecule has 0 spiro atoms. The molecular weight excluding hydrogens is 353 g/mol. The molecule has 0 fully saturated rings. The minimum absolute atomic E-state index is 0.0827. The van der Waals surface area contributed by atoms with Crippen LogP contribution in [0.25, 0.3) is 5.69 Å². The van der Waals surface area contributed by atoms with Gasteiger partial charge in [0.25, 0.3) is 5.91 Å². The average Bonchev–Trinajstić information content (AvgIpc) is 2.99. The molecule has 2 aromatic carbocycles. The zero-order valence-electron chi connectivity index (χ0n) is 14.8. The largest absolute Gasteiger partial charge is 0.337 e. The first-order chi connectivity index (χ1) is 12.4. The van der Waals surface area contributed by atoms with E-state index >= 15 is 0 Å². The topological polar surface area (TPSA) is 38.1 Å². The summed E-state index contributed by atoms with van der Waals surface area (Å²) in [5, 5.41) is 4.66. The second-order valence-electron chi connectivity index (χ2n) is 6.20. The Kier molecular flexibility index (Phi) is 5.09. The van der Waals surface area contributed by atoms with Crippen molar-refractivity contribution >= 4 is 17.5 Å². The van der Waals surface area contributed by atoms with E-state index in [9.17, 15) is 9.18 Å². The molecule has 0 N–H and O–H groups in total. The average molecular weight is 372 g/mol. The quantitative estimate of drug-likeness (QED) is 0.674. The molecular formula is C20H19ClFN3O. The van der Waals surface area contributed by atoms with Crippen molar-refractivity contribution in [2.75, 3.05) is 7.05 Å². The molecule has 0 saturated heterocycles. The molecule has 0 unspecified atom stereocenters. The van der Waals surface area contributed by atoms with E-state index in [0.717, 1.165) is 16.9 Å². The predicted octanol–water partition coefficient (Wildman–Crippen LogP) is 4.55. The number of carbonyl (C=O) groups is 1.